The molecule has 2 aromatic rings. The number of benzene rings is 2. The predicted molar refractivity (Wildman–Crippen MR) is 155 cm³/mol. The number of alkyl halides is 6. The summed E-state index contributed by atoms with van der Waals surface area (Å²) < 4.78 is 81.4. The molecule has 44 heavy (non-hydrogen) atoms. The quantitative estimate of drug-likeness (QED) is 0.279. The fourth-order valence-corrected chi connectivity index (χ4v) is 7.39. The van der Waals surface area contributed by atoms with E-state index in [1.165, 1.54) is 0 Å². The van der Waals surface area contributed by atoms with E-state index in [1.54, 1.807) is 13.8 Å². The van der Waals surface area contributed by atoms with E-state index in [4.69, 9.17) is 0 Å². The molecule has 2 N–H and O–H groups in total. The maximum absolute atomic E-state index is 14.1. The molecule has 2 aliphatic rings. The van der Waals surface area contributed by atoms with Crippen LogP contribution in [0.4, 0.5) is 26.3 Å². The zero-order valence-corrected chi connectivity index (χ0v) is 25.4. The number of carbonyl (C=O) groups excluding carboxylic acids is 1. The highest BCUT2D eigenvalue weighted by molar-refractivity contribution is 5.77. The smallest absolute Gasteiger partial charge is 0.396 e. The predicted octanol–water partition coefficient (Wildman–Crippen LogP) is 6.96. The number of aliphatic hydroxyl groups is 2. The molecular weight excluding hydrogens is 586 g/mol. The van der Waals surface area contributed by atoms with Crippen LogP contribution in [-0.4, -0.2) is 64.8 Å². The number of hydrogen-bond donors (Lipinski definition) is 2. The van der Waals surface area contributed by atoms with Crippen molar-refractivity contribution in [2.24, 2.45) is 11.3 Å². The summed E-state index contributed by atoms with van der Waals surface area (Å²) in [6.45, 7) is 7.02. The zero-order valence-electron chi connectivity index (χ0n) is 25.4. The Balaban J connectivity index is 1.65. The number of hydrogen-bond acceptors (Lipinski definition) is 4. The van der Waals surface area contributed by atoms with Gasteiger partial charge in [0.15, 0.2) is 0 Å². The fourth-order valence-electron chi connectivity index (χ4n) is 7.39. The van der Waals surface area contributed by atoms with Gasteiger partial charge in [-0.05, 0) is 78.3 Å². The van der Waals surface area contributed by atoms with Crippen molar-refractivity contribution in [2.75, 3.05) is 32.8 Å². The highest BCUT2D eigenvalue weighted by Crippen LogP contribution is 2.48. The van der Waals surface area contributed by atoms with Gasteiger partial charge in [-0.1, -0.05) is 44.5 Å². The largest absolute Gasteiger partial charge is 0.416 e. The van der Waals surface area contributed by atoms with Crippen LogP contribution in [0.5, 0.6) is 0 Å². The lowest BCUT2D eigenvalue weighted by molar-refractivity contribution is -0.143. The summed E-state index contributed by atoms with van der Waals surface area (Å²) in [5.74, 6) is -1.42. The van der Waals surface area contributed by atoms with Gasteiger partial charge in [0.25, 0.3) is 0 Å². The van der Waals surface area contributed by atoms with Crippen molar-refractivity contribution in [1.82, 2.24) is 9.80 Å². The molecule has 0 bridgehead atoms. The van der Waals surface area contributed by atoms with Gasteiger partial charge in [0.05, 0.1) is 17.2 Å². The van der Waals surface area contributed by atoms with Crippen molar-refractivity contribution in [3.05, 3.63) is 70.3 Å². The third kappa shape index (κ3) is 7.26. The fraction of sp³-hybridized carbons (Fsp3) is 0.606. The summed E-state index contributed by atoms with van der Waals surface area (Å²) in [5.41, 5.74) is -1.13. The van der Waals surface area contributed by atoms with Gasteiger partial charge in [0, 0.05) is 45.3 Å². The highest BCUT2D eigenvalue weighted by atomic mass is 19.4. The molecule has 1 amide bonds. The van der Waals surface area contributed by atoms with Crippen molar-refractivity contribution in [3.8, 4) is 0 Å². The number of amides is 1. The number of aliphatic hydroxyl groups excluding tert-OH is 2. The lowest BCUT2D eigenvalue weighted by atomic mass is 9.77. The van der Waals surface area contributed by atoms with Gasteiger partial charge in [-0.3, -0.25) is 9.69 Å². The normalized spacial score (nSPS) is 22.1. The number of carbonyl (C=O) groups is 1. The summed E-state index contributed by atoms with van der Waals surface area (Å²) in [6, 6.07) is 9.07. The third-order valence-electron chi connectivity index (χ3n) is 9.89. The average molecular weight is 629 g/mol. The van der Waals surface area contributed by atoms with E-state index < -0.39 is 35.3 Å². The van der Waals surface area contributed by atoms with Gasteiger partial charge in [-0.15, -0.1) is 0 Å². The van der Waals surface area contributed by atoms with Crippen LogP contribution in [0.1, 0.15) is 85.7 Å². The molecule has 0 aliphatic carbocycles. The molecule has 0 spiro atoms. The van der Waals surface area contributed by atoms with Crippen LogP contribution in [0.25, 0.3) is 0 Å². The number of piperazine rings is 1. The summed E-state index contributed by atoms with van der Waals surface area (Å²) >= 11 is 0. The molecule has 4 atom stereocenters. The Bertz CT molecular complexity index is 1260. The van der Waals surface area contributed by atoms with Crippen molar-refractivity contribution < 1.29 is 41.4 Å². The third-order valence-corrected chi connectivity index (χ3v) is 9.89. The van der Waals surface area contributed by atoms with E-state index in [2.05, 4.69) is 4.90 Å². The summed E-state index contributed by atoms with van der Waals surface area (Å²) in [4.78, 5) is 18.3. The van der Waals surface area contributed by atoms with E-state index in [1.807, 2.05) is 36.1 Å². The molecule has 2 saturated heterocycles. The van der Waals surface area contributed by atoms with Crippen molar-refractivity contribution >= 4 is 5.91 Å². The molecule has 0 aromatic heterocycles. The Hall–Kier alpha value is -2.63. The van der Waals surface area contributed by atoms with Gasteiger partial charge in [0.1, 0.15) is 0 Å². The molecule has 11 heteroatoms. The topological polar surface area (TPSA) is 64.0 Å². The maximum atomic E-state index is 14.1. The molecule has 2 aliphatic heterocycles. The summed E-state index contributed by atoms with van der Waals surface area (Å²) in [6.07, 6.45) is -7.80. The van der Waals surface area contributed by atoms with Gasteiger partial charge < -0.3 is 15.1 Å². The SMILES string of the molecule is CCC(CC(=O)N1CCN2CC(CCO)(CCO)CC2C1c1ccccc1C)[C@H](C)c1cc(C(F)(F)F)cc(C(F)(F)F)c1. The van der Waals surface area contributed by atoms with Crippen LogP contribution in [-0.2, 0) is 17.1 Å². The standard InChI is InChI=1S/C33H42F6N2O3/c1-4-23(22(3)24-15-25(32(34,35)36)18-26(16-24)33(37,38)39)17-29(44)41-12-11-40-20-31(9-13-42,10-14-43)19-28(40)30(41)27-8-6-5-7-21(27)2/h5-8,15-16,18,22-23,28,30,42-43H,4,9-14,17,19-20H2,1-3H3/t22-,23?,28?,30?/m0/s1. The van der Waals surface area contributed by atoms with Crippen LogP contribution in [0.2, 0.25) is 0 Å². The first-order valence-electron chi connectivity index (χ1n) is 15.2. The second-order valence-electron chi connectivity index (χ2n) is 12.6. The first-order chi connectivity index (χ1) is 20.6. The van der Waals surface area contributed by atoms with E-state index in [0.717, 1.165) is 23.3 Å². The number of fused-ring (bicyclic) bond motifs is 1. The van der Waals surface area contributed by atoms with Crippen molar-refractivity contribution in [1.29, 1.82) is 0 Å². The average Bonchev–Trinajstić information content (AvgIpc) is 3.32. The van der Waals surface area contributed by atoms with E-state index in [9.17, 15) is 41.4 Å². The molecule has 5 nitrogen and oxygen atoms in total. The molecule has 2 heterocycles. The van der Waals surface area contributed by atoms with Crippen LogP contribution in [0.15, 0.2) is 42.5 Å². The van der Waals surface area contributed by atoms with E-state index in [-0.39, 0.29) is 54.7 Å². The number of aryl methyl sites for hydroxylation is 1. The van der Waals surface area contributed by atoms with Crippen LogP contribution in [0.3, 0.4) is 0 Å². The lowest BCUT2D eigenvalue weighted by Crippen LogP contribution is -2.54. The molecule has 0 radical (unpaired) electrons. The molecule has 4 rings (SSSR count). The molecule has 2 fully saturated rings. The van der Waals surface area contributed by atoms with Crippen LogP contribution in [0, 0.1) is 18.3 Å². The number of halogens is 6. The van der Waals surface area contributed by atoms with Gasteiger partial charge in [-0.25, -0.2) is 0 Å². The Morgan fingerprint density at radius 1 is 0.977 bits per heavy atom. The Labute approximate surface area is 254 Å². The van der Waals surface area contributed by atoms with Crippen LogP contribution >= 0.6 is 0 Å². The first kappa shape index (κ1) is 34.2. The molecule has 3 unspecified atom stereocenters. The first-order valence-corrected chi connectivity index (χ1v) is 15.2. The molecule has 2 aromatic carbocycles. The minimum atomic E-state index is -4.95. The summed E-state index contributed by atoms with van der Waals surface area (Å²) in [7, 11) is 0. The second kappa shape index (κ2) is 13.4. The maximum Gasteiger partial charge on any atom is 0.416 e. The van der Waals surface area contributed by atoms with Crippen molar-refractivity contribution in [2.45, 2.75) is 83.2 Å². The summed E-state index contributed by atoms with van der Waals surface area (Å²) in [5, 5.41) is 19.7. The minimum Gasteiger partial charge on any atom is -0.396 e. The zero-order chi connectivity index (χ0) is 32.4. The monoisotopic (exact) mass is 628 g/mol. The van der Waals surface area contributed by atoms with Gasteiger partial charge >= 0.3 is 12.4 Å². The Morgan fingerprint density at radius 2 is 1.57 bits per heavy atom. The van der Waals surface area contributed by atoms with E-state index in [0.29, 0.717) is 45.3 Å². The second-order valence-corrected chi connectivity index (χ2v) is 12.6. The van der Waals surface area contributed by atoms with E-state index >= 15 is 0 Å². The minimum absolute atomic E-state index is 0.0140. The van der Waals surface area contributed by atoms with Crippen molar-refractivity contribution in [3.63, 3.8) is 0 Å². The highest BCUT2D eigenvalue weighted by Gasteiger charge is 2.51. The van der Waals surface area contributed by atoms with Gasteiger partial charge in [0.2, 0.25) is 5.91 Å². The molecule has 0 saturated carbocycles. The molecular formula is C33H42F6N2O3. The Morgan fingerprint density at radius 3 is 2.09 bits per heavy atom. The number of rotatable bonds is 10. The Kier molecular flexibility index (Phi) is 10.4. The van der Waals surface area contributed by atoms with Crippen LogP contribution < -0.4 is 0 Å². The number of nitrogens with zero attached hydrogens (tertiary/aromatic N) is 2. The van der Waals surface area contributed by atoms with Gasteiger partial charge in [-0.2, -0.15) is 26.3 Å². The molecule has 244 valence electrons. The lowest BCUT2D eigenvalue weighted by Gasteiger charge is -2.46.